The Morgan fingerprint density at radius 2 is 1.69 bits per heavy atom. The molecule has 0 aliphatic heterocycles. The molecule has 0 spiro atoms. The molecule has 0 unspecified atom stereocenters. The van der Waals surface area contributed by atoms with Gasteiger partial charge in [0.15, 0.2) is 0 Å². The zero-order chi connectivity index (χ0) is 22.2. The number of H-pyrrole nitrogens is 1. The number of imidazole rings is 1. The number of nitrogens with zero attached hydrogens (tertiary/aromatic N) is 2. The molecule has 5 rings (SSSR count). The molecule has 0 aliphatic rings. The number of aromatic amines is 1. The number of nitrogens with one attached hydrogen (secondary N) is 1. The maximum atomic E-state index is 12.1. The number of fused-ring (bicyclic) bond motifs is 1. The lowest BCUT2D eigenvalue weighted by molar-refractivity contribution is -0.255. The van der Waals surface area contributed by atoms with Gasteiger partial charge in [0.2, 0.25) is 0 Å². The molecule has 158 valence electrons. The van der Waals surface area contributed by atoms with Crippen LogP contribution in [0.3, 0.4) is 0 Å². The summed E-state index contributed by atoms with van der Waals surface area (Å²) in [6.07, 6.45) is 1.72. The van der Waals surface area contributed by atoms with Crippen LogP contribution in [-0.4, -0.2) is 20.5 Å². The lowest BCUT2D eigenvalue weighted by Gasteiger charge is -2.13. The molecule has 0 saturated heterocycles. The number of carbonyl (C=O) groups is 1. The first-order chi connectivity index (χ1) is 15.5. The number of benzene rings is 3. The fraction of sp³-hybridized carbons (Fsp3) is 0.0400. The second kappa shape index (κ2) is 8.19. The van der Waals surface area contributed by atoms with Crippen LogP contribution in [0.1, 0.15) is 16.1 Å². The van der Waals surface area contributed by atoms with Crippen LogP contribution in [0.15, 0.2) is 79.1 Å². The summed E-state index contributed by atoms with van der Waals surface area (Å²) in [5, 5.41) is 14.0. The third-order valence-corrected chi connectivity index (χ3v) is 5.84. The first-order valence-corrected chi connectivity index (χ1v) is 10.6. The number of halogens is 2. The van der Waals surface area contributed by atoms with Crippen LogP contribution in [0.5, 0.6) is 0 Å². The molecular weight excluding hydrogens is 445 g/mol. The Kier molecular flexibility index (Phi) is 5.21. The van der Waals surface area contributed by atoms with E-state index in [0.717, 1.165) is 16.5 Å². The Morgan fingerprint density at radius 3 is 2.41 bits per heavy atom. The van der Waals surface area contributed by atoms with Crippen molar-refractivity contribution in [1.29, 1.82) is 0 Å². The van der Waals surface area contributed by atoms with Gasteiger partial charge in [0.1, 0.15) is 0 Å². The van der Waals surface area contributed by atoms with E-state index < -0.39 is 5.97 Å². The number of aromatic nitrogens is 3. The molecule has 5 aromatic rings. The third-order valence-electron chi connectivity index (χ3n) is 5.35. The van der Waals surface area contributed by atoms with Crippen molar-refractivity contribution < 1.29 is 9.90 Å². The molecule has 7 heteroatoms. The summed E-state index contributed by atoms with van der Waals surface area (Å²) in [6, 6.07) is 22.4. The third kappa shape index (κ3) is 3.66. The second-order valence-corrected chi connectivity index (χ2v) is 8.29. The minimum atomic E-state index is -1.30. The van der Waals surface area contributed by atoms with Crippen LogP contribution < -0.4 is 5.11 Å². The molecule has 0 aliphatic carbocycles. The van der Waals surface area contributed by atoms with Gasteiger partial charge in [0.25, 0.3) is 0 Å². The number of hydrogen-bond acceptors (Lipinski definition) is 3. The van der Waals surface area contributed by atoms with Gasteiger partial charge in [-0.15, -0.1) is 0 Å². The Balaban J connectivity index is 1.79. The number of carboxylic acid groups (broad SMARTS) is 1. The van der Waals surface area contributed by atoms with Crippen LogP contribution in [0, 0.1) is 0 Å². The SMILES string of the molecule is O=C([O-])c1[nH]c2cc(Cl)ccc2c1-c1c(-c2ccccc2)ncn1Cc1ccc(Cl)cc1. The zero-order valence-electron chi connectivity index (χ0n) is 16.7. The van der Waals surface area contributed by atoms with E-state index in [-0.39, 0.29) is 5.69 Å². The largest absolute Gasteiger partial charge is 0.543 e. The van der Waals surface area contributed by atoms with Crippen LogP contribution in [0.25, 0.3) is 33.4 Å². The van der Waals surface area contributed by atoms with Crippen molar-refractivity contribution in [1.82, 2.24) is 14.5 Å². The Morgan fingerprint density at radius 1 is 0.969 bits per heavy atom. The van der Waals surface area contributed by atoms with Gasteiger partial charge in [-0.05, 0) is 29.8 Å². The van der Waals surface area contributed by atoms with Crippen molar-refractivity contribution in [2.45, 2.75) is 6.54 Å². The van der Waals surface area contributed by atoms with E-state index in [0.29, 0.717) is 39.1 Å². The molecule has 0 saturated carbocycles. The first kappa shape index (κ1) is 20.4. The molecule has 32 heavy (non-hydrogen) atoms. The highest BCUT2D eigenvalue weighted by Gasteiger charge is 2.23. The summed E-state index contributed by atoms with van der Waals surface area (Å²) in [7, 11) is 0. The van der Waals surface area contributed by atoms with Crippen molar-refractivity contribution in [2.75, 3.05) is 0 Å². The van der Waals surface area contributed by atoms with E-state index in [9.17, 15) is 9.90 Å². The smallest absolute Gasteiger partial charge is 0.0964 e. The Hall–Kier alpha value is -3.54. The van der Waals surface area contributed by atoms with Gasteiger partial charge in [-0.2, -0.15) is 0 Å². The minimum absolute atomic E-state index is 0.0164. The van der Waals surface area contributed by atoms with Gasteiger partial charge in [0.05, 0.1) is 29.4 Å². The van der Waals surface area contributed by atoms with Gasteiger partial charge in [0, 0.05) is 38.6 Å². The molecular formula is C25H16Cl2N3O2-. The van der Waals surface area contributed by atoms with E-state index in [1.54, 1.807) is 18.5 Å². The summed E-state index contributed by atoms with van der Waals surface area (Å²) in [5.41, 5.74) is 4.36. The molecule has 0 amide bonds. The fourth-order valence-corrected chi connectivity index (χ4v) is 4.22. The highest BCUT2D eigenvalue weighted by atomic mass is 35.5. The standard InChI is InChI=1S/C25H17Cl2N3O2/c26-17-8-6-15(7-9-17)13-30-14-28-22(16-4-2-1-3-5-16)24(30)21-19-11-10-18(27)12-20(19)29-23(21)25(31)32/h1-12,14,29H,13H2,(H,31,32)/p-1. The Bertz CT molecular complexity index is 1440. The molecule has 2 aromatic heterocycles. The molecule has 0 fully saturated rings. The van der Waals surface area contributed by atoms with E-state index in [2.05, 4.69) is 9.97 Å². The predicted octanol–water partition coefficient (Wildman–Crippen LogP) is 5.42. The summed E-state index contributed by atoms with van der Waals surface area (Å²) in [4.78, 5) is 19.7. The van der Waals surface area contributed by atoms with Crippen LogP contribution in [0.2, 0.25) is 10.0 Å². The summed E-state index contributed by atoms with van der Waals surface area (Å²) in [6.45, 7) is 0.485. The number of carboxylic acids is 1. The quantitative estimate of drug-likeness (QED) is 0.380. The summed E-state index contributed by atoms with van der Waals surface area (Å²) in [5.74, 6) is -1.30. The average Bonchev–Trinajstić information content (AvgIpc) is 3.36. The van der Waals surface area contributed by atoms with Gasteiger partial charge in [-0.3, -0.25) is 0 Å². The van der Waals surface area contributed by atoms with Crippen LogP contribution in [0.4, 0.5) is 0 Å². The zero-order valence-corrected chi connectivity index (χ0v) is 18.2. The average molecular weight is 461 g/mol. The van der Waals surface area contributed by atoms with Gasteiger partial charge in [-0.25, -0.2) is 4.98 Å². The van der Waals surface area contributed by atoms with Crippen LogP contribution in [-0.2, 0) is 6.54 Å². The highest BCUT2D eigenvalue weighted by Crippen LogP contribution is 2.39. The number of carbonyl (C=O) groups excluding carboxylic acids is 1. The molecule has 2 heterocycles. The topological polar surface area (TPSA) is 73.7 Å². The molecule has 0 atom stereocenters. The highest BCUT2D eigenvalue weighted by molar-refractivity contribution is 6.31. The van der Waals surface area contributed by atoms with Crippen molar-refractivity contribution in [2.24, 2.45) is 0 Å². The van der Waals surface area contributed by atoms with E-state index in [1.165, 1.54) is 0 Å². The van der Waals surface area contributed by atoms with Crippen molar-refractivity contribution in [3.05, 3.63) is 100 Å². The van der Waals surface area contributed by atoms with Crippen molar-refractivity contribution >= 4 is 40.1 Å². The second-order valence-electron chi connectivity index (χ2n) is 7.41. The number of hydrogen-bond donors (Lipinski definition) is 1. The van der Waals surface area contributed by atoms with Gasteiger partial charge >= 0.3 is 0 Å². The van der Waals surface area contributed by atoms with E-state index >= 15 is 0 Å². The molecule has 1 N–H and O–H groups in total. The maximum absolute atomic E-state index is 12.1. The molecule has 5 nitrogen and oxygen atoms in total. The molecule has 0 radical (unpaired) electrons. The molecule has 0 bridgehead atoms. The first-order valence-electron chi connectivity index (χ1n) is 9.89. The number of aromatic carboxylic acids is 1. The van der Waals surface area contributed by atoms with Crippen molar-refractivity contribution in [3.8, 4) is 22.5 Å². The van der Waals surface area contributed by atoms with E-state index in [1.807, 2.05) is 65.2 Å². The van der Waals surface area contributed by atoms with E-state index in [4.69, 9.17) is 23.2 Å². The fourth-order valence-electron chi connectivity index (χ4n) is 3.93. The lowest BCUT2D eigenvalue weighted by atomic mass is 10.0. The Labute approximate surface area is 193 Å². The number of rotatable bonds is 5. The molecule has 3 aromatic carbocycles. The monoisotopic (exact) mass is 460 g/mol. The minimum Gasteiger partial charge on any atom is -0.543 e. The predicted molar refractivity (Wildman–Crippen MR) is 125 cm³/mol. The summed E-state index contributed by atoms with van der Waals surface area (Å²) < 4.78 is 1.94. The van der Waals surface area contributed by atoms with Crippen LogP contribution >= 0.6 is 23.2 Å². The maximum Gasteiger partial charge on any atom is 0.0964 e. The van der Waals surface area contributed by atoms with Gasteiger partial charge < -0.3 is 19.5 Å². The summed E-state index contributed by atoms with van der Waals surface area (Å²) >= 11 is 12.2. The van der Waals surface area contributed by atoms with Gasteiger partial charge in [-0.1, -0.05) is 71.7 Å². The lowest BCUT2D eigenvalue weighted by Crippen LogP contribution is -2.23. The normalized spacial score (nSPS) is 11.2. The van der Waals surface area contributed by atoms with Crippen molar-refractivity contribution in [3.63, 3.8) is 0 Å².